The molecule has 24 nitrogen and oxygen atoms in total. The van der Waals surface area contributed by atoms with E-state index in [2.05, 4.69) is 20.3 Å². The van der Waals surface area contributed by atoms with Crippen LogP contribution in [0.3, 0.4) is 0 Å². The van der Waals surface area contributed by atoms with E-state index >= 15 is 0 Å². The zero-order chi connectivity index (χ0) is 57.8. The van der Waals surface area contributed by atoms with Crippen LogP contribution in [0, 0.1) is 30.3 Å². The number of carbonyl (C=O) groups excluding carboxylic acids is 1. The minimum atomic E-state index is -1.43. The number of aliphatic hydroxyl groups excluding tert-OH is 1. The highest BCUT2D eigenvalue weighted by Gasteiger charge is 2.49. The highest BCUT2D eigenvalue weighted by molar-refractivity contribution is 5.85. The second-order valence-corrected chi connectivity index (χ2v) is 18.7. The van der Waals surface area contributed by atoms with Crippen molar-refractivity contribution in [2.75, 3.05) is 46.0 Å². The van der Waals surface area contributed by atoms with Gasteiger partial charge in [0.1, 0.15) is 35.4 Å². The van der Waals surface area contributed by atoms with E-state index in [1.54, 1.807) is 57.5 Å². The number of amides is 1. The minimum Gasteiger partial charge on any atom is -0.497 e. The minimum absolute atomic E-state index is 0.0000174. The van der Waals surface area contributed by atoms with Gasteiger partial charge < -0.3 is 43.0 Å². The lowest BCUT2D eigenvalue weighted by atomic mass is 9.80. The number of ether oxygens (including phenoxy) is 8. The van der Waals surface area contributed by atoms with E-state index < -0.39 is 57.3 Å². The summed E-state index contributed by atoms with van der Waals surface area (Å²) in [5.41, 5.74) is 3.02. The molecule has 1 saturated heterocycles. The highest BCUT2D eigenvalue weighted by atomic mass is 16.7. The number of aromatic nitrogens is 4. The first-order valence-electron chi connectivity index (χ1n) is 25.8. The molecule has 3 heterocycles. The van der Waals surface area contributed by atoms with Crippen molar-refractivity contribution in [2.24, 2.45) is 0 Å². The van der Waals surface area contributed by atoms with Gasteiger partial charge in [-0.3, -0.25) is 40.2 Å². The van der Waals surface area contributed by atoms with Crippen LogP contribution in [0.4, 0.5) is 27.8 Å². The number of nitrogens with one attached hydrogen (secondary N) is 1. The van der Waals surface area contributed by atoms with Gasteiger partial charge in [-0.2, -0.15) is 9.97 Å². The lowest BCUT2D eigenvalue weighted by Gasteiger charge is -2.37. The topological polar surface area (TPSA) is 296 Å². The summed E-state index contributed by atoms with van der Waals surface area (Å²) >= 11 is 0. The third kappa shape index (κ3) is 13.4. The Hall–Kier alpha value is -9.46. The molecule has 6 aromatic carbocycles. The number of rotatable bonds is 26. The van der Waals surface area contributed by atoms with Gasteiger partial charge in [0, 0.05) is 49.2 Å². The SMILES string of the molecule is COc1ccc(C(OC[C@H]2O[C@@H](n3cnc4c(OCCc5ccc([N+](=O)[O-])cc5)nc(NC(=O)OCCc5ccc([N+](=O)[O-])cc5)nc43)[C@H](OC(C)OCCc3ccc([N+](=O)[O-])cc3)[C@@H]2O)(c2ccccc2)c2ccc(OC)cc2)cc1. The molecule has 1 unspecified atom stereocenters. The first-order valence-corrected chi connectivity index (χ1v) is 25.8. The summed E-state index contributed by atoms with van der Waals surface area (Å²) in [6.45, 7) is 1.42. The third-order valence-corrected chi connectivity index (χ3v) is 13.6. The van der Waals surface area contributed by atoms with Crippen LogP contribution in [0.5, 0.6) is 17.4 Å². The Balaban J connectivity index is 1.04. The van der Waals surface area contributed by atoms with Crippen molar-refractivity contribution in [2.45, 2.75) is 62.6 Å². The van der Waals surface area contributed by atoms with Crippen molar-refractivity contribution >= 4 is 40.3 Å². The number of nitro benzene ring substituents is 3. The molecular formula is C58H56N8O16. The summed E-state index contributed by atoms with van der Waals surface area (Å²) in [4.78, 5) is 59.5. The molecule has 0 spiro atoms. The Kier molecular flexibility index (Phi) is 18.3. The van der Waals surface area contributed by atoms with Gasteiger partial charge >= 0.3 is 6.09 Å². The number of aliphatic hydroxyl groups is 1. The van der Waals surface area contributed by atoms with E-state index in [4.69, 9.17) is 37.9 Å². The fourth-order valence-electron chi connectivity index (χ4n) is 9.35. The van der Waals surface area contributed by atoms with Crippen LogP contribution < -0.4 is 19.5 Å². The molecule has 1 aliphatic heterocycles. The van der Waals surface area contributed by atoms with E-state index in [-0.39, 0.29) is 79.3 Å². The average molecular weight is 1120 g/mol. The quantitative estimate of drug-likeness (QED) is 0.0221. The van der Waals surface area contributed by atoms with Gasteiger partial charge in [0.25, 0.3) is 17.1 Å². The fraction of sp³-hybridized carbons (Fsp3) is 0.276. The monoisotopic (exact) mass is 1120 g/mol. The maximum absolute atomic E-state index is 13.4. The summed E-state index contributed by atoms with van der Waals surface area (Å²) in [5.74, 6) is 0.889. The fourth-order valence-corrected chi connectivity index (χ4v) is 9.35. The molecular weight excluding hydrogens is 1060 g/mol. The number of nitrogens with zero attached hydrogens (tertiary/aromatic N) is 7. The van der Waals surface area contributed by atoms with Gasteiger partial charge in [-0.25, -0.2) is 9.78 Å². The number of methoxy groups -OCH3 is 2. The van der Waals surface area contributed by atoms with Crippen LogP contribution in [0.2, 0.25) is 0 Å². The molecule has 8 aromatic rings. The average Bonchev–Trinajstić information content (AvgIpc) is 4.18. The zero-order valence-electron chi connectivity index (χ0n) is 44.5. The summed E-state index contributed by atoms with van der Waals surface area (Å²) < 4.78 is 51.0. The number of hydrogen-bond donors (Lipinski definition) is 2. The molecule has 2 N–H and O–H groups in total. The van der Waals surface area contributed by atoms with Crippen LogP contribution in [-0.2, 0) is 48.5 Å². The molecule has 9 rings (SSSR count). The van der Waals surface area contributed by atoms with E-state index in [0.717, 1.165) is 27.8 Å². The van der Waals surface area contributed by atoms with Gasteiger partial charge in [0.05, 0.1) is 61.7 Å². The Labute approximate surface area is 468 Å². The molecule has 24 heteroatoms. The van der Waals surface area contributed by atoms with Crippen molar-refractivity contribution in [3.05, 3.63) is 222 Å². The summed E-state index contributed by atoms with van der Waals surface area (Å²) in [5, 5.41) is 48.9. The molecule has 0 radical (unpaired) electrons. The van der Waals surface area contributed by atoms with E-state index in [1.807, 2.05) is 78.9 Å². The van der Waals surface area contributed by atoms with Crippen LogP contribution in [-0.4, -0.2) is 111 Å². The highest BCUT2D eigenvalue weighted by Crippen LogP contribution is 2.44. The van der Waals surface area contributed by atoms with E-state index in [0.29, 0.717) is 23.5 Å². The van der Waals surface area contributed by atoms with Crippen LogP contribution in [0.1, 0.15) is 46.5 Å². The van der Waals surface area contributed by atoms with Gasteiger partial charge in [-0.1, -0.05) is 91.0 Å². The van der Waals surface area contributed by atoms with E-state index in [9.17, 15) is 40.2 Å². The van der Waals surface area contributed by atoms with Crippen molar-refractivity contribution in [1.82, 2.24) is 19.5 Å². The lowest BCUT2D eigenvalue weighted by molar-refractivity contribution is -0.385. The predicted octanol–water partition coefficient (Wildman–Crippen LogP) is 9.24. The summed E-state index contributed by atoms with van der Waals surface area (Å²) in [6.07, 6.45) is -4.64. The number of non-ortho nitro benzene ring substituents is 3. The molecule has 1 fully saturated rings. The van der Waals surface area contributed by atoms with Crippen LogP contribution >= 0.6 is 0 Å². The van der Waals surface area contributed by atoms with Crippen LogP contribution in [0.15, 0.2) is 158 Å². The Morgan fingerprint density at radius 2 is 1.18 bits per heavy atom. The van der Waals surface area contributed by atoms with Gasteiger partial charge in [0.2, 0.25) is 11.8 Å². The van der Waals surface area contributed by atoms with Crippen molar-refractivity contribution < 1.29 is 62.6 Å². The maximum atomic E-state index is 13.4. The molecule has 82 heavy (non-hydrogen) atoms. The molecule has 424 valence electrons. The van der Waals surface area contributed by atoms with Crippen molar-refractivity contribution in [3.63, 3.8) is 0 Å². The summed E-state index contributed by atoms with van der Waals surface area (Å²) in [7, 11) is 3.15. The van der Waals surface area contributed by atoms with Gasteiger partial charge in [-0.05, 0) is 71.0 Å². The third-order valence-electron chi connectivity index (χ3n) is 13.6. The number of fused-ring (bicyclic) bond motifs is 1. The first kappa shape index (κ1) is 57.2. The van der Waals surface area contributed by atoms with E-state index in [1.165, 1.54) is 47.3 Å². The Bertz CT molecular complexity index is 3420. The Morgan fingerprint density at radius 3 is 1.70 bits per heavy atom. The first-order chi connectivity index (χ1) is 39.7. The molecule has 1 aliphatic rings. The van der Waals surface area contributed by atoms with Gasteiger partial charge in [0.15, 0.2) is 23.7 Å². The molecule has 2 aromatic heterocycles. The molecule has 0 saturated carbocycles. The number of carbonyl (C=O) groups is 1. The standard InChI is InChI=1S/C58H56N8O16/c1-37(77-32-29-38-9-19-44(20-10-38)64(69)70)81-52-51(67)49(35-80-58(41-7-5-4-6-8-41,42-15-25-47(75-2)26-16-42)43-17-27-48(76-3)28-18-43)82-55(52)63-36-59-50-53(63)60-56(61-54(50)78-33-30-39-11-21-45(22-12-39)65(71)72)62-57(68)79-34-31-40-13-23-46(24-14-40)66(73)74/h4-28,36-37,49,51-52,55,67H,29-35H2,1-3H3,(H,60,61,62,68)/t37?,49-,51-,52-,55-/m1/s1. The summed E-state index contributed by atoms with van der Waals surface area (Å²) in [6, 6.07) is 42.4. The molecule has 0 aliphatic carbocycles. The van der Waals surface area contributed by atoms with Crippen molar-refractivity contribution in [1.29, 1.82) is 0 Å². The molecule has 1 amide bonds. The van der Waals surface area contributed by atoms with Gasteiger partial charge in [-0.15, -0.1) is 0 Å². The number of nitro groups is 3. The normalized spacial score (nSPS) is 16.3. The van der Waals surface area contributed by atoms with Crippen molar-refractivity contribution in [3.8, 4) is 17.4 Å². The maximum Gasteiger partial charge on any atom is 0.414 e. The lowest BCUT2D eigenvalue weighted by Crippen LogP contribution is -2.41. The van der Waals surface area contributed by atoms with Crippen LogP contribution in [0.25, 0.3) is 11.2 Å². The molecule has 0 bridgehead atoms. The molecule has 5 atom stereocenters. The second kappa shape index (κ2) is 26.2. The zero-order valence-corrected chi connectivity index (χ0v) is 44.5. The Morgan fingerprint density at radius 1 is 0.683 bits per heavy atom. The number of imidazole rings is 1. The number of anilines is 1. The number of hydrogen-bond acceptors (Lipinski definition) is 19. The smallest absolute Gasteiger partial charge is 0.414 e. The largest absolute Gasteiger partial charge is 0.497 e. The predicted molar refractivity (Wildman–Crippen MR) is 295 cm³/mol. The second-order valence-electron chi connectivity index (χ2n) is 18.7. The number of benzene rings is 6.